The van der Waals surface area contributed by atoms with Crippen LogP contribution in [0.1, 0.15) is 17.7 Å². The largest absolute Gasteiger partial charge is 0.341 e. The number of hydrogen-bond donors (Lipinski definition) is 0. The van der Waals surface area contributed by atoms with Crippen LogP contribution in [0.3, 0.4) is 0 Å². The third-order valence-electron chi connectivity index (χ3n) is 2.35. The monoisotopic (exact) mass is 163 g/mol. The number of aromatic nitrogens is 2. The number of anilines is 1. The molecule has 1 aromatic rings. The van der Waals surface area contributed by atoms with Crippen LogP contribution in [-0.4, -0.2) is 23.1 Å². The minimum Gasteiger partial charge on any atom is -0.341 e. The van der Waals surface area contributed by atoms with Crippen molar-refractivity contribution in [2.75, 3.05) is 18.0 Å². The Labute approximate surface area is 72.4 Å². The van der Waals surface area contributed by atoms with Crippen molar-refractivity contribution in [3.63, 3.8) is 0 Å². The number of rotatable bonds is 1. The molecule has 0 unspecified atom stereocenters. The SMILES string of the molecule is Cc1cnc(N2CCC2)nc1C. The van der Waals surface area contributed by atoms with Crippen molar-refractivity contribution in [1.82, 2.24) is 9.97 Å². The molecule has 0 atom stereocenters. The van der Waals surface area contributed by atoms with Crippen LogP contribution < -0.4 is 4.90 Å². The fraction of sp³-hybridized carbons (Fsp3) is 0.556. The van der Waals surface area contributed by atoms with Crippen LogP contribution in [0.4, 0.5) is 5.95 Å². The van der Waals surface area contributed by atoms with Gasteiger partial charge in [-0.3, -0.25) is 0 Å². The highest BCUT2D eigenvalue weighted by Gasteiger charge is 2.16. The molecule has 0 saturated carbocycles. The Bertz CT molecular complexity index is 292. The first-order valence-corrected chi connectivity index (χ1v) is 4.32. The van der Waals surface area contributed by atoms with E-state index in [1.165, 1.54) is 12.0 Å². The smallest absolute Gasteiger partial charge is 0.225 e. The van der Waals surface area contributed by atoms with E-state index in [-0.39, 0.29) is 0 Å². The zero-order valence-electron chi connectivity index (χ0n) is 7.54. The molecule has 12 heavy (non-hydrogen) atoms. The maximum Gasteiger partial charge on any atom is 0.225 e. The Kier molecular flexibility index (Phi) is 1.71. The lowest BCUT2D eigenvalue weighted by Crippen LogP contribution is -2.38. The summed E-state index contributed by atoms with van der Waals surface area (Å²) >= 11 is 0. The van der Waals surface area contributed by atoms with Gasteiger partial charge >= 0.3 is 0 Å². The van der Waals surface area contributed by atoms with E-state index in [2.05, 4.69) is 14.9 Å². The first-order chi connectivity index (χ1) is 5.77. The van der Waals surface area contributed by atoms with Crippen molar-refractivity contribution in [2.24, 2.45) is 0 Å². The van der Waals surface area contributed by atoms with Gasteiger partial charge in [0.15, 0.2) is 0 Å². The molecule has 0 bridgehead atoms. The lowest BCUT2D eigenvalue weighted by atomic mass is 10.2. The molecule has 2 heterocycles. The van der Waals surface area contributed by atoms with Crippen molar-refractivity contribution < 1.29 is 0 Å². The Balaban J connectivity index is 2.27. The molecule has 1 aliphatic heterocycles. The van der Waals surface area contributed by atoms with Crippen LogP contribution in [0.2, 0.25) is 0 Å². The predicted molar refractivity (Wildman–Crippen MR) is 48.3 cm³/mol. The van der Waals surface area contributed by atoms with E-state index in [0.717, 1.165) is 24.7 Å². The molecule has 3 nitrogen and oxygen atoms in total. The molecule has 3 heteroatoms. The number of hydrogen-bond acceptors (Lipinski definition) is 3. The predicted octanol–water partition coefficient (Wildman–Crippen LogP) is 1.30. The molecule has 0 N–H and O–H groups in total. The zero-order valence-corrected chi connectivity index (χ0v) is 7.54. The molecule has 1 saturated heterocycles. The maximum atomic E-state index is 4.41. The summed E-state index contributed by atoms with van der Waals surface area (Å²) in [6, 6.07) is 0. The normalized spacial score (nSPS) is 16.0. The van der Waals surface area contributed by atoms with Gasteiger partial charge in [-0.2, -0.15) is 0 Å². The fourth-order valence-corrected chi connectivity index (χ4v) is 1.18. The van der Waals surface area contributed by atoms with Crippen LogP contribution >= 0.6 is 0 Å². The first-order valence-electron chi connectivity index (χ1n) is 4.32. The first kappa shape index (κ1) is 7.53. The summed E-state index contributed by atoms with van der Waals surface area (Å²) in [5.74, 6) is 0.893. The van der Waals surface area contributed by atoms with Crippen LogP contribution in [0.15, 0.2) is 6.20 Å². The van der Waals surface area contributed by atoms with E-state index in [4.69, 9.17) is 0 Å². The summed E-state index contributed by atoms with van der Waals surface area (Å²) < 4.78 is 0. The van der Waals surface area contributed by atoms with Gasteiger partial charge in [0.2, 0.25) is 5.95 Å². The van der Waals surface area contributed by atoms with E-state index >= 15 is 0 Å². The van der Waals surface area contributed by atoms with E-state index < -0.39 is 0 Å². The van der Waals surface area contributed by atoms with Gasteiger partial charge in [-0.1, -0.05) is 0 Å². The third-order valence-corrected chi connectivity index (χ3v) is 2.35. The zero-order chi connectivity index (χ0) is 8.55. The second-order valence-electron chi connectivity index (χ2n) is 3.28. The third kappa shape index (κ3) is 1.15. The van der Waals surface area contributed by atoms with E-state index in [1.807, 2.05) is 20.0 Å². The summed E-state index contributed by atoms with van der Waals surface area (Å²) in [6.07, 6.45) is 3.17. The number of aryl methyl sites for hydroxylation is 2. The standard InChI is InChI=1S/C9H13N3/c1-7-6-10-9(11-8(7)2)12-4-3-5-12/h6H,3-5H2,1-2H3. The average molecular weight is 163 g/mol. The Morgan fingerprint density at radius 2 is 2.08 bits per heavy atom. The molecule has 1 fully saturated rings. The molecule has 1 aromatic heterocycles. The summed E-state index contributed by atoms with van der Waals surface area (Å²) in [6.45, 7) is 6.29. The van der Waals surface area contributed by atoms with Crippen LogP contribution in [0.5, 0.6) is 0 Å². The Morgan fingerprint density at radius 3 is 2.58 bits per heavy atom. The Morgan fingerprint density at radius 1 is 1.33 bits per heavy atom. The van der Waals surface area contributed by atoms with Crippen molar-refractivity contribution in [3.8, 4) is 0 Å². The number of nitrogens with zero attached hydrogens (tertiary/aromatic N) is 3. The molecule has 1 aliphatic rings. The quantitative estimate of drug-likeness (QED) is 0.625. The summed E-state index contributed by atoms with van der Waals surface area (Å²) in [5, 5.41) is 0. The van der Waals surface area contributed by atoms with Gasteiger partial charge in [-0.25, -0.2) is 9.97 Å². The van der Waals surface area contributed by atoms with Crippen molar-refractivity contribution >= 4 is 5.95 Å². The molecule has 0 amide bonds. The van der Waals surface area contributed by atoms with Crippen LogP contribution in [-0.2, 0) is 0 Å². The molecule has 0 spiro atoms. The molecule has 0 radical (unpaired) electrons. The van der Waals surface area contributed by atoms with Crippen molar-refractivity contribution in [3.05, 3.63) is 17.5 Å². The van der Waals surface area contributed by atoms with Gasteiger partial charge in [0.25, 0.3) is 0 Å². The summed E-state index contributed by atoms with van der Waals surface area (Å²) in [7, 11) is 0. The highest BCUT2D eigenvalue weighted by atomic mass is 15.3. The highest BCUT2D eigenvalue weighted by Crippen LogP contribution is 2.16. The second kappa shape index (κ2) is 2.73. The van der Waals surface area contributed by atoms with Crippen LogP contribution in [0, 0.1) is 13.8 Å². The van der Waals surface area contributed by atoms with E-state index in [9.17, 15) is 0 Å². The van der Waals surface area contributed by atoms with Gasteiger partial charge in [0, 0.05) is 25.0 Å². The maximum absolute atomic E-state index is 4.41. The molecular formula is C9H13N3. The molecule has 64 valence electrons. The molecule has 0 aromatic carbocycles. The summed E-state index contributed by atoms with van der Waals surface area (Å²) in [5.41, 5.74) is 2.26. The minimum atomic E-state index is 0.893. The van der Waals surface area contributed by atoms with Crippen molar-refractivity contribution in [1.29, 1.82) is 0 Å². The van der Waals surface area contributed by atoms with E-state index in [0.29, 0.717) is 0 Å². The van der Waals surface area contributed by atoms with Gasteiger partial charge in [0.05, 0.1) is 0 Å². The fourth-order valence-electron chi connectivity index (χ4n) is 1.18. The topological polar surface area (TPSA) is 29.0 Å². The van der Waals surface area contributed by atoms with Gasteiger partial charge in [-0.15, -0.1) is 0 Å². The van der Waals surface area contributed by atoms with Crippen molar-refractivity contribution in [2.45, 2.75) is 20.3 Å². The summed E-state index contributed by atoms with van der Waals surface area (Å²) in [4.78, 5) is 10.9. The lowest BCUT2D eigenvalue weighted by Gasteiger charge is -2.30. The average Bonchev–Trinajstić information content (AvgIpc) is 1.93. The minimum absolute atomic E-state index is 0.893. The van der Waals surface area contributed by atoms with Gasteiger partial charge in [-0.05, 0) is 25.8 Å². The van der Waals surface area contributed by atoms with Crippen LogP contribution in [0.25, 0.3) is 0 Å². The second-order valence-corrected chi connectivity index (χ2v) is 3.28. The van der Waals surface area contributed by atoms with E-state index in [1.54, 1.807) is 0 Å². The molecule has 0 aliphatic carbocycles. The van der Waals surface area contributed by atoms with Gasteiger partial charge < -0.3 is 4.90 Å². The molecule has 2 rings (SSSR count). The van der Waals surface area contributed by atoms with Gasteiger partial charge in [0.1, 0.15) is 0 Å². The Hall–Kier alpha value is -1.12. The molecular weight excluding hydrogens is 150 g/mol. The highest BCUT2D eigenvalue weighted by molar-refractivity contribution is 5.34. The lowest BCUT2D eigenvalue weighted by molar-refractivity contribution is 0.599.